The quantitative estimate of drug-likeness (QED) is 0.923. The fraction of sp³-hybridized carbons (Fsp3) is 0.529. The molecule has 3 heterocycles. The number of nitrogens with zero attached hydrogens (tertiary/aromatic N) is 3. The number of rotatable bonds is 3. The standard InChI is InChI=1S/C17H22N4O2S/c1-10-15(24-12(3)18-10)9-17(23)21-6-4-13(5-7-21)14-8-16(22)20-11(2)19-14/h8,13H,4-7,9H2,1-3H3,(H,19,20,22). The zero-order valence-corrected chi connectivity index (χ0v) is 15.1. The number of piperidine rings is 1. The summed E-state index contributed by atoms with van der Waals surface area (Å²) >= 11 is 1.60. The van der Waals surface area contributed by atoms with Gasteiger partial charge >= 0.3 is 0 Å². The topological polar surface area (TPSA) is 79.0 Å². The van der Waals surface area contributed by atoms with Crippen LogP contribution in [0.3, 0.4) is 0 Å². The van der Waals surface area contributed by atoms with Crippen molar-refractivity contribution in [3.05, 3.63) is 43.5 Å². The fourth-order valence-corrected chi connectivity index (χ4v) is 4.15. The average Bonchev–Trinajstić information content (AvgIpc) is 2.84. The number of hydrogen-bond acceptors (Lipinski definition) is 5. The SMILES string of the molecule is Cc1nc(C2CCN(C(=O)Cc3sc(C)nc3C)CC2)cc(=O)[nH]1. The smallest absolute Gasteiger partial charge is 0.251 e. The minimum atomic E-state index is -0.105. The van der Waals surface area contributed by atoms with E-state index in [1.54, 1.807) is 24.3 Å². The minimum absolute atomic E-state index is 0.105. The molecule has 2 aromatic rings. The molecule has 1 saturated heterocycles. The van der Waals surface area contributed by atoms with Crippen LogP contribution in [-0.4, -0.2) is 38.8 Å². The van der Waals surface area contributed by atoms with Crippen LogP contribution in [0.1, 0.15) is 45.9 Å². The van der Waals surface area contributed by atoms with Crippen molar-refractivity contribution in [3.63, 3.8) is 0 Å². The Morgan fingerprint density at radius 2 is 2.00 bits per heavy atom. The Hall–Kier alpha value is -2.02. The molecule has 0 radical (unpaired) electrons. The Kier molecular flexibility index (Phi) is 4.80. The van der Waals surface area contributed by atoms with Crippen LogP contribution in [0.25, 0.3) is 0 Å². The van der Waals surface area contributed by atoms with Crippen LogP contribution in [-0.2, 0) is 11.2 Å². The number of aryl methyl sites for hydroxylation is 3. The third kappa shape index (κ3) is 3.72. The molecule has 1 N–H and O–H groups in total. The summed E-state index contributed by atoms with van der Waals surface area (Å²) < 4.78 is 0. The summed E-state index contributed by atoms with van der Waals surface area (Å²) in [7, 11) is 0. The molecular formula is C17H22N4O2S. The van der Waals surface area contributed by atoms with Gasteiger partial charge in [-0.25, -0.2) is 9.97 Å². The number of aromatic nitrogens is 3. The Morgan fingerprint density at radius 1 is 1.29 bits per heavy atom. The van der Waals surface area contributed by atoms with Gasteiger partial charge in [-0.2, -0.15) is 0 Å². The summed E-state index contributed by atoms with van der Waals surface area (Å²) in [5, 5.41) is 1.00. The van der Waals surface area contributed by atoms with E-state index in [1.807, 2.05) is 18.7 Å². The first-order valence-corrected chi connectivity index (χ1v) is 9.02. The molecule has 0 unspecified atom stereocenters. The first kappa shape index (κ1) is 16.8. The number of nitrogens with one attached hydrogen (secondary N) is 1. The molecule has 0 atom stereocenters. The Balaban J connectivity index is 1.61. The highest BCUT2D eigenvalue weighted by atomic mass is 32.1. The van der Waals surface area contributed by atoms with Gasteiger partial charge in [-0.1, -0.05) is 0 Å². The molecule has 24 heavy (non-hydrogen) atoms. The molecule has 0 aromatic carbocycles. The maximum absolute atomic E-state index is 12.5. The second kappa shape index (κ2) is 6.84. The summed E-state index contributed by atoms with van der Waals surface area (Å²) in [6.07, 6.45) is 2.13. The van der Waals surface area contributed by atoms with Crippen LogP contribution in [0.4, 0.5) is 0 Å². The van der Waals surface area contributed by atoms with E-state index in [4.69, 9.17) is 0 Å². The second-order valence-electron chi connectivity index (χ2n) is 6.33. The number of likely N-dealkylation sites (tertiary alicyclic amines) is 1. The van der Waals surface area contributed by atoms with Crippen LogP contribution in [0.2, 0.25) is 0 Å². The number of carbonyl (C=O) groups excluding carboxylic acids is 1. The van der Waals surface area contributed by atoms with E-state index in [9.17, 15) is 9.59 Å². The number of thiazole rings is 1. The van der Waals surface area contributed by atoms with Gasteiger partial charge in [0.1, 0.15) is 5.82 Å². The lowest BCUT2D eigenvalue weighted by Gasteiger charge is -2.31. The molecule has 7 heteroatoms. The number of aromatic amines is 1. The van der Waals surface area contributed by atoms with Gasteiger partial charge in [0.15, 0.2) is 0 Å². The van der Waals surface area contributed by atoms with Crippen LogP contribution >= 0.6 is 11.3 Å². The van der Waals surface area contributed by atoms with Crippen molar-refractivity contribution in [1.82, 2.24) is 19.9 Å². The molecule has 0 bridgehead atoms. The summed E-state index contributed by atoms with van der Waals surface area (Å²) in [5.74, 6) is 1.06. The van der Waals surface area contributed by atoms with Gasteiger partial charge in [-0.15, -0.1) is 11.3 Å². The van der Waals surface area contributed by atoms with Crippen LogP contribution in [0, 0.1) is 20.8 Å². The maximum Gasteiger partial charge on any atom is 0.251 e. The first-order chi connectivity index (χ1) is 11.4. The van der Waals surface area contributed by atoms with E-state index in [0.29, 0.717) is 25.3 Å². The van der Waals surface area contributed by atoms with E-state index >= 15 is 0 Å². The van der Waals surface area contributed by atoms with Gasteiger partial charge in [-0.05, 0) is 33.6 Å². The highest BCUT2D eigenvalue weighted by molar-refractivity contribution is 7.11. The lowest BCUT2D eigenvalue weighted by Crippen LogP contribution is -2.39. The third-order valence-electron chi connectivity index (χ3n) is 4.46. The lowest BCUT2D eigenvalue weighted by molar-refractivity contribution is -0.131. The number of carbonyl (C=O) groups is 1. The van der Waals surface area contributed by atoms with Crippen molar-refractivity contribution in [1.29, 1.82) is 0 Å². The highest BCUT2D eigenvalue weighted by Gasteiger charge is 2.25. The maximum atomic E-state index is 12.5. The summed E-state index contributed by atoms with van der Waals surface area (Å²) in [6, 6.07) is 1.58. The third-order valence-corrected chi connectivity index (χ3v) is 5.53. The monoisotopic (exact) mass is 346 g/mol. The Labute approximate surface area is 145 Å². The van der Waals surface area contributed by atoms with Gasteiger partial charge in [-0.3, -0.25) is 9.59 Å². The molecule has 3 rings (SSSR count). The second-order valence-corrected chi connectivity index (χ2v) is 7.62. The van der Waals surface area contributed by atoms with Crippen molar-refractivity contribution in [2.24, 2.45) is 0 Å². The number of hydrogen-bond donors (Lipinski definition) is 1. The van der Waals surface area contributed by atoms with Crippen LogP contribution < -0.4 is 5.56 Å². The average molecular weight is 346 g/mol. The molecule has 0 saturated carbocycles. The lowest BCUT2D eigenvalue weighted by atomic mass is 9.93. The summed E-state index contributed by atoms with van der Waals surface area (Å²) in [5.41, 5.74) is 1.70. The molecule has 1 aliphatic heterocycles. The Morgan fingerprint density at radius 3 is 2.58 bits per heavy atom. The molecule has 0 spiro atoms. The number of H-pyrrole nitrogens is 1. The summed E-state index contributed by atoms with van der Waals surface area (Å²) in [4.78, 5) is 38.6. The molecule has 6 nitrogen and oxygen atoms in total. The van der Waals surface area contributed by atoms with Gasteiger partial charge in [0.25, 0.3) is 5.56 Å². The molecule has 128 valence electrons. The van der Waals surface area contributed by atoms with E-state index in [2.05, 4.69) is 15.0 Å². The molecule has 0 aliphatic carbocycles. The van der Waals surface area contributed by atoms with E-state index in [0.717, 1.165) is 34.1 Å². The Bertz CT molecular complexity index is 803. The van der Waals surface area contributed by atoms with Crippen LogP contribution in [0.5, 0.6) is 0 Å². The molecule has 1 fully saturated rings. The van der Waals surface area contributed by atoms with Gasteiger partial charge in [0.2, 0.25) is 5.91 Å². The minimum Gasteiger partial charge on any atom is -0.342 e. The summed E-state index contributed by atoms with van der Waals surface area (Å²) in [6.45, 7) is 7.15. The van der Waals surface area contributed by atoms with Crippen molar-refractivity contribution >= 4 is 17.2 Å². The highest BCUT2D eigenvalue weighted by Crippen LogP contribution is 2.27. The van der Waals surface area contributed by atoms with E-state index < -0.39 is 0 Å². The van der Waals surface area contributed by atoms with Crippen molar-refractivity contribution in [2.75, 3.05) is 13.1 Å². The van der Waals surface area contributed by atoms with Crippen molar-refractivity contribution in [2.45, 2.75) is 46.0 Å². The van der Waals surface area contributed by atoms with Gasteiger partial charge in [0.05, 0.1) is 22.8 Å². The van der Waals surface area contributed by atoms with E-state index in [-0.39, 0.29) is 17.4 Å². The molecule has 1 aliphatic rings. The van der Waals surface area contributed by atoms with Crippen LogP contribution in [0.15, 0.2) is 10.9 Å². The molecule has 2 aromatic heterocycles. The van der Waals surface area contributed by atoms with Gasteiger partial charge in [0, 0.05) is 30.0 Å². The predicted molar refractivity (Wildman–Crippen MR) is 93.4 cm³/mol. The van der Waals surface area contributed by atoms with E-state index in [1.165, 1.54) is 0 Å². The fourth-order valence-electron chi connectivity index (χ4n) is 3.22. The largest absolute Gasteiger partial charge is 0.342 e. The zero-order chi connectivity index (χ0) is 17.3. The molecule has 1 amide bonds. The number of amides is 1. The first-order valence-electron chi connectivity index (χ1n) is 8.21. The van der Waals surface area contributed by atoms with Crippen molar-refractivity contribution in [3.8, 4) is 0 Å². The molecular weight excluding hydrogens is 324 g/mol. The zero-order valence-electron chi connectivity index (χ0n) is 14.3. The normalized spacial score (nSPS) is 15.7. The van der Waals surface area contributed by atoms with Gasteiger partial charge < -0.3 is 9.88 Å². The van der Waals surface area contributed by atoms with Crippen molar-refractivity contribution < 1.29 is 4.79 Å². The predicted octanol–water partition coefficient (Wildman–Crippen LogP) is 2.10.